The number of ketones is 1. The molecule has 0 saturated heterocycles. The molecule has 1 N–H and O–H groups in total. The molecule has 1 rings (SSSR count). The van der Waals surface area contributed by atoms with E-state index in [0.717, 1.165) is 12.1 Å². The Morgan fingerprint density at radius 3 is 1.94 bits per heavy atom. The van der Waals surface area contributed by atoms with Crippen LogP contribution in [0.25, 0.3) is 0 Å². The molecule has 0 fully saturated rings. The van der Waals surface area contributed by atoms with Crippen LogP contribution in [0.4, 0.5) is 13.2 Å². The maximum atomic E-state index is 12.3. The number of halogens is 3. The zero-order chi connectivity index (χ0) is 13.3. The second-order valence-corrected chi connectivity index (χ2v) is 4.23. The largest absolute Gasteiger partial charge is 0.416 e. The van der Waals surface area contributed by atoms with Crippen molar-refractivity contribution in [2.45, 2.75) is 32.0 Å². The number of hydrogen-bond acceptors (Lipinski definition) is 2. The van der Waals surface area contributed by atoms with Crippen LogP contribution in [0.5, 0.6) is 0 Å². The molecule has 0 aliphatic carbocycles. The van der Waals surface area contributed by atoms with E-state index in [9.17, 15) is 23.1 Å². The highest BCUT2D eigenvalue weighted by atomic mass is 19.4. The van der Waals surface area contributed by atoms with Gasteiger partial charge in [0.1, 0.15) is 5.78 Å². The van der Waals surface area contributed by atoms with Crippen LogP contribution in [0.15, 0.2) is 24.3 Å². The lowest BCUT2D eigenvalue weighted by Gasteiger charge is -2.22. The molecule has 0 heterocycles. The lowest BCUT2D eigenvalue weighted by Crippen LogP contribution is -2.24. The van der Waals surface area contributed by atoms with Crippen molar-refractivity contribution in [1.29, 1.82) is 0 Å². The predicted molar refractivity (Wildman–Crippen MR) is 56.3 cm³/mol. The van der Waals surface area contributed by atoms with Crippen LogP contribution < -0.4 is 0 Å². The fraction of sp³-hybridized carbons (Fsp3) is 0.417. The quantitative estimate of drug-likeness (QED) is 0.890. The molecular formula is C12H13F3O2. The second kappa shape index (κ2) is 4.49. The van der Waals surface area contributed by atoms with E-state index in [1.807, 2.05) is 0 Å². The lowest BCUT2D eigenvalue weighted by atomic mass is 9.90. The number of alkyl halides is 3. The molecular weight excluding hydrogens is 233 g/mol. The molecule has 1 aromatic carbocycles. The lowest BCUT2D eigenvalue weighted by molar-refractivity contribution is -0.137. The molecule has 5 heteroatoms. The van der Waals surface area contributed by atoms with E-state index < -0.39 is 17.3 Å². The predicted octanol–water partition coefficient (Wildman–Crippen LogP) is 2.89. The fourth-order valence-corrected chi connectivity index (χ4v) is 1.61. The summed E-state index contributed by atoms with van der Waals surface area (Å²) in [5.41, 5.74) is -1.92. The van der Waals surface area contributed by atoms with Gasteiger partial charge in [-0.3, -0.25) is 4.79 Å². The van der Waals surface area contributed by atoms with Gasteiger partial charge in [-0.15, -0.1) is 0 Å². The maximum absolute atomic E-state index is 12.3. The van der Waals surface area contributed by atoms with Crippen LogP contribution in [0.2, 0.25) is 0 Å². The summed E-state index contributed by atoms with van der Waals surface area (Å²) in [6.07, 6.45) is -4.52. The highest BCUT2D eigenvalue weighted by molar-refractivity contribution is 5.76. The molecule has 0 spiro atoms. The van der Waals surface area contributed by atoms with E-state index in [-0.39, 0.29) is 12.2 Å². The minimum atomic E-state index is -4.40. The molecule has 0 radical (unpaired) electrons. The van der Waals surface area contributed by atoms with Crippen molar-refractivity contribution in [3.8, 4) is 0 Å². The van der Waals surface area contributed by atoms with Crippen LogP contribution in [-0.4, -0.2) is 10.9 Å². The summed E-state index contributed by atoms with van der Waals surface area (Å²) in [6, 6.07) is 4.16. The van der Waals surface area contributed by atoms with Gasteiger partial charge in [0.15, 0.2) is 0 Å². The van der Waals surface area contributed by atoms with Gasteiger partial charge in [0.25, 0.3) is 0 Å². The molecule has 0 aliphatic rings. The van der Waals surface area contributed by atoms with Gasteiger partial charge in [0.05, 0.1) is 11.2 Å². The highest BCUT2D eigenvalue weighted by Gasteiger charge is 2.31. The van der Waals surface area contributed by atoms with Gasteiger partial charge in [0.2, 0.25) is 0 Å². The van der Waals surface area contributed by atoms with Crippen molar-refractivity contribution in [1.82, 2.24) is 0 Å². The van der Waals surface area contributed by atoms with E-state index >= 15 is 0 Å². The van der Waals surface area contributed by atoms with E-state index in [4.69, 9.17) is 0 Å². The summed E-state index contributed by atoms with van der Waals surface area (Å²) in [5, 5.41) is 9.95. The Morgan fingerprint density at radius 2 is 1.59 bits per heavy atom. The summed E-state index contributed by atoms with van der Waals surface area (Å²) in [6.45, 7) is 2.72. The number of hydrogen-bond donors (Lipinski definition) is 1. The van der Waals surface area contributed by atoms with Crippen molar-refractivity contribution < 1.29 is 23.1 Å². The minimum Gasteiger partial charge on any atom is -0.385 e. The Hall–Kier alpha value is -1.36. The van der Waals surface area contributed by atoms with E-state index in [1.54, 1.807) is 0 Å². The molecule has 94 valence electrons. The normalized spacial score (nSPS) is 15.4. The molecule has 1 aromatic rings. The molecule has 0 aromatic heterocycles. The van der Waals surface area contributed by atoms with Crippen molar-refractivity contribution in [2.75, 3.05) is 0 Å². The third-order valence-corrected chi connectivity index (χ3v) is 2.43. The fourth-order valence-electron chi connectivity index (χ4n) is 1.61. The van der Waals surface area contributed by atoms with Crippen LogP contribution in [-0.2, 0) is 16.6 Å². The van der Waals surface area contributed by atoms with Crippen molar-refractivity contribution in [3.63, 3.8) is 0 Å². The Morgan fingerprint density at radius 1 is 1.18 bits per heavy atom. The molecule has 0 aliphatic heterocycles. The molecule has 0 bridgehead atoms. The smallest absolute Gasteiger partial charge is 0.385 e. The van der Waals surface area contributed by atoms with Gasteiger partial charge in [-0.2, -0.15) is 13.2 Å². The molecule has 1 atom stereocenters. The van der Waals surface area contributed by atoms with Crippen molar-refractivity contribution in [3.05, 3.63) is 35.4 Å². The first-order valence-corrected chi connectivity index (χ1v) is 5.02. The Bertz CT molecular complexity index is 405. The molecule has 0 amide bonds. The first kappa shape index (κ1) is 13.7. The average molecular weight is 246 g/mol. The minimum absolute atomic E-state index is 0.127. The summed E-state index contributed by atoms with van der Waals surface area (Å²) in [4.78, 5) is 10.9. The SMILES string of the molecule is CC(=O)C[C@](C)(O)c1ccc(C(F)(F)F)cc1. The van der Waals surface area contributed by atoms with Gasteiger partial charge in [0, 0.05) is 6.42 Å². The number of aliphatic hydroxyl groups is 1. The molecule has 0 unspecified atom stereocenters. The first-order chi connectivity index (χ1) is 7.63. The van der Waals surface area contributed by atoms with E-state index in [0.29, 0.717) is 5.56 Å². The summed E-state index contributed by atoms with van der Waals surface area (Å²) in [7, 11) is 0. The summed E-state index contributed by atoms with van der Waals surface area (Å²) in [5.74, 6) is -0.227. The topological polar surface area (TPSA) is 37.3 Å². The second-order valence-electron chi connectivity index (χ2n) is 4.23. The van der Waals surface area contributed by atoms with E-state index in [1.165, 1.54) is 26.0 Å². The Balaban J connectivity index is 2.98. The van der Waals surface area contributed by atoms with Gasteiger partial charge in [-0.1, -0.05) is 12.1 Å². The molecule has 2 nitrogen and oxygen atoms in total. The standard InChI is InChI=1S/C12H13F3O2/c1-8(16)7-11(2,17)9-3-5-10(6-4-9)12(13,14)15/h3-6,17H,7H2,1-2H3/t11-/m0/s1. The molecule has 17 heavy (non-hydrogen) atoms. The van der Waals surface area contributed by atoms with Crippen LogP contribution in [0, 0.1) is 0 Å². The number of carbonyl (C=O) groups excluding carboxylic acids is 1. The van der Waals surface area contributed by atoms with Gasteiger partial charge >= 0.3 is 6.18 Å². The maximum Gasteiger partial charge on any atom is 0.416 e. The van der Waals surface area contributed by atoms with Gasteiger partial charge < -0.3 is 5.11 Å². The first-order valence-electron chi connectivity index (χ1n) is 5.02. The zero-order valence-electron chi connectivity index (χ0n) is 9.51. The highest BCUT2D eigenvalue weighted by Crippen LogP contribution is 2.31. The van der Waals surface area contributed by atoms with Crippen LogP contribution >= 0.6 is 0 Å². The van der Waals surface area contributed by atoms with E-state index in [2.05, 4.69) is 0 Å². The average Bonchev–Trinajstić information content (AvgIpc) is 2.14. The summed E-state index contributed by atoms with van der Waals surface area (Å²) >= 11 is 0. The Labute approximate surface area is 97.1 Å². The third kappa shape index (κ3) is 3.56. The van der Waals surface area contributed by atoms with Gasteiger partial charge in [-0.25, -0.2) is 0 Å². The third-order valence-electron chi connectivity index (χ3n) is 2.43. The molecule has 0 saturated carbocycles. The van der Waals surface area contributed by atoms with Gasteiger partial charge in [-0.05, 0) is 31.5 Å². The zero-order valence-corrected chi connectivity index (χ0v) is 9.51. The number of Topliss-reactive ketones (excluding diaryl/α,β-unsaturated/α-hetero) is 1. The number of carbonyl (C=O) groups is 1. The monoisotopic (exact) mass is 246 g/mol. The number of rotatable bonds is 3. The van der Waals surface area contributed by atoms with Crippen molar-refractivity contribution >= 4 is 5.78 Å². The summed E-state index contributed by atoms with van der Waals surface area (Å²) < 4.78 is 36.9. The van der Waals surface area contributed by atoms with Crippen LogP contribution in [0.1, 0.15) is 31.4 Å². The Kier molecular flexibility index (Phi) is 3.62. The van der Waals surface area contributed by atoms with Crippen molar-refractivity contribution in [2.24, 2.45) is 0 Å². The van der Waals surface area contributed by atoms with Crippen LogP contribution in [0.3, 0.4) is 0 Å². The number of benzene rings is 1.